The molecule has 2 amide bonds. The largest absolute Gasteiger partial charge is 0.355 e. The second kappa shape index (κ2) is 7.27. The number of piperidine rings is 1. The summed E-state index contributed by atoms with van der Waals surface area (Å²) in [5, 5.41) is 8.64. The lowest BCUT2D eigenvalue weighted by molar-refractivity contribution is -0.126. The molecule has 0 aromatic carbocycles. The number of nitrogens with one attached hydrogen (secondary N) is 3. The number of likely N-dealkylation sites (N-methyl/N-ethyl adjacent to an activating group) is 1. The zero-order valence-electron chi connectivity index (χ0n) is 10.7. The molecule has 1 fully saturated rings. The van der Waals surface area contributed by atoms with Gasteiger partial charge in [-0.3, -0.25) is 9.59 Å². The van der Waals surface area contributed by atoms with Gasteiger partial charge in [-0.15, -0.1) is 0 Å². The average molecular weight is 241 g/mol. The summed E-state index contributed by atoms with van der Waals surface area (Å²) in [4.78, 5) is 22.8. The van der Waals surface area contributed by atoms with Crippen LogP contribution in [0.5, 0.6) is 0 Å². The van der Waals surface area contributed by atoms with Crippen molar-refractivity contribution < 1.29 is 9.59 Å². The number of hydrogen-bond acceptors (Lipinski definition) is 3. The van der Waals surface area contributed by atoms with E-state index in [1.165, 1.54) is 12.8 Å². The van der Waals surface area contributed by atoms with Gasteiger partial charge in [0.25, 0.3) is 0 Å². The minimum absolute atomic E-state index is 0.0532. The molecule has 1 rings (SSSR count). The van der Waals surface area contributed by atoms with Gasteiger partial charge in [-0.25, -0.2) is 0 Å². The summed E-state index contributed by atoms with van der Waals surface area (Å²) in [7, 11) is 0. The van der Waals surface area contributed by atoms with E-state index in [1.807, 2.05) is 6.92 Å². The van der Waals surface area contributed by atoms with Gasteiger partial charge in [-0.1, -0.05) is 6.92 Å². The second-order valence-electron chi connectivity index (χ2n) is 4.61. The van der Waals surface area contributed by atoms with E-state index in [-0.39, 0.29) is 24.4 Å². The summed E-state index contributed by atoms with van der Waals surface area (Å²) >= 11 is 0. The van der Waals surface area contributed by atoms with E-state index >= 15 is 0 Å². The second-order valence-corrected chi connectivity index (χ2v) is 4.61. The van der Waals surface area contributed by atoms with E-state index in [0.717, 1.165) is 6.54 Å². The summed E-state index contributed by atoms with van der Waals surface area (Å²) in [6, 6.07) is 0.248. The Balaban J connectivity index is 2.22. The standard InChI is InChI=1S/C12H23N3O2/c1-3-13-12(17)8-15-11(16)7-10-9(2)5-4-6-14-10/h9-10,14H,3-8H2,1-2H3,(H,13,17)(H,15,16). The number of amides is 2. The monoisotopic (exact) mass is 241 g/mol. The first kappa shape index (κ1) is 14.0. The van der Waals surface area contributed by atoms with E-state index in [0.29, 0.717) is 18.9 Å². The topological polar surface area (TPSA) is 70.2 Å². The van der Waals surface area contributed by atoms with Crippen LogP contribution < -0.4 is 16.0 Å². The molecule has 0 aromatic rings. The van der Waals surface area contributed by atoms with Crippen molar-refractivity contribution in [3.05, 3.63) is 0 Å². The van der Waals surface area contributed by atoms with Gasteiger partial charge in [0.05, 0.1) is 6.54 Å². The molecule has 2 unspecified atom stereocenters. The van der Waals surface area contributed by atoms with Crippen LogP contribution in [-0.2, 0) is 9.59 Å². The van der Waals surface area contributed by atoms with Crippen LogP contribution in [0.4, 0.5) is 0 Å². The van der Waals surface area contributed by atoms with Crippen LogP contribution >= 0.6 is 0 Å². The van der Waals surface area contributed by atoms with Gasteiger partial charge in [0.2, 0.25) is 11.8 Å². The number of carbonyl (C=O) groups excluding carboxylic acids is 2. The molecule has 2 atom stereocenters. The SMILES string of the molecule is CCNC(=O)CNC(=O)CC1NCCCC1C. The molecule has 0 saturated carbocycles. The third-order valence-electron chi connectivity index (χ3n) is 3.16. The molecule has 0 spiro atoms. The van der Waals surface area contributed by atoms with Crippen LogP contribution in [-0.4, -0.2) is 37.5 Å². The van der Waals surface area contributed by atoms with Crippen LogP contribution in [0, 0.1) is 5.92 Å². The Bertz CT molecular complexity index is 268. The normalized spacial score (nSPS) is 24.1. The number of hydrogen-bond donors (Lipinski definition) is 3. The van der Waals surface area contributed by atoms with Crippen molar-refractivity contribution in [2.45, 2.75) is 39.2 Å². The fraction of sp³-hybridized carbons (Fsp3) is 0.833. The zero-order valence-corrected chi connectivity index (χ0v) is 10.7. The first-order valence-electron chi connectivity index (χ1n) is 6.40. The van der Waals surface area contributed by atoms with Crippen LogP contribution in [0.2, 0.25) is 0 Å². The fourth-order valence-corrected chi connectivity index (χ4v) is 2.10. The molecule has 0 bridgehead atoms. The zero-order chi connectivity index (χ0) is 12.7. The molecule has 5 heteroatoms. The third-order valence-corrected chi connectivity index (χ3v) is 3.16. The number of carbonyl (C=O) groups is 2. The van der Waals surface area contributed by atoms with Crippen LogP contribution in [0.25, 0.3) is 0 Å². The van der Waals surface area contributed by atoms with Gasteiger partial charge in [-0.2, -0.15) is 0 Å². The fourth-order valence-electron chi connectivity index (χ4n) is 2.10. The van der Waals surface area contributed by atoms with E-state index in [9.17, 15) is 9.59 Å². The van der Waals surface area contributed by atoms with Crippen molar-refractivity contribution in [3.63, 3.8) is 0 Å². The maximum absolute atomic E-state index is 11.6. The summed E-state index contributed by atoms with van der Waals surface area (Å²) in [5.74, 6) is 0.340. The maximum atomic E-state index is 11.6. The molecular weight excluding hydrogens is 218 g/mol. The minimum atomic E-state index is -0.134. The Labute approximate surface area is 103 Å². The van der Waals surface area contributed by atoms with Crippen molar-refractivity contribution in [3.8, 4) is 0 Å². The summed E-state index contributed by atoms with van der Waals surface area (Å²) in [5.41, 5.74) is 0. The number of rotatable bonds is 5. The van der Waals surface area contributed by atoms with Crippen molar-refractivity contribution in [1.29, 1.82) is 0 Å². The first-order chi connectivity index (χ1) is 8.13. The molecule has 98 valence electrons. The van der Waals surface area contributed by atoms with E-state index < -0.39 is 0 Å². The van der Waals surface area contributed by atoms with Crippen LogP contribution in [0.1, 0.15) is 33.1 Å². The molecule has 0 aliphatic carbocycles. The molecular formula is C12H23N3O2. The lowest BCUT2D eigenvalue weighted by Crippen LogP contribution is -2.45. The van der Waals surface area contributed by atoms with Crippen LogP contribution in [0.3, 0.4) is 0 Å². The Morgan fingerprint density at radius 2 is 2.06 bits per heavy atom. The lowest BCUT2D eigenvalue weighted by Gasteiger charge is -2.29. The molecule has 1 heterocycles. The Morgan fingerprint density at radius 1 is 1.29 bits per heavy atom. The first-order valence-corrected chi connectivity index (χ1v) is 6.40. The van der Waals surface area contributed by atoms with Crippen LogP contribution in [0.15, 0.2) is 0 Å². The summed E-state index contributed by atoms with van der Waals surface area (Å²) < 4.78 is 0. The molecule has 1 saturated heterocycles. The predicted molar refractivity (Wildman–Crippen MR) is 66.5 cm³/mol. The average Bonchev–Trinajstić information content (AvgIpc) is 2.30. The third kappa shape index (κ3) is 5.17. The highest BCUT2D eigenvalue weighted by Gasteiger charge is 2.23. The Kier molecular flexibility index (Phi) is 5.97. The predicted octanol–water partition coefficient (Wildman–Crippen LogP) is 0.0169. The van der Waals surface area contributed by atoms with Gasteiger partial charge in [-0.05, 0) is 32.2 Å². The molecule has 17 heavy (non-hydrogen) atoms. The quantitative estimate of drug-likeness (QED) is 0.635. The highest BCUT2D eigenvalue weighted by atomic mass is 16.2. The Morgan fingerprint density at radius 3 is 2.71 bits per heavy atom. The molecule has 1 aliphatic heterocycles. The molecule has 0 aromatic heterocycles. The van der Waals surface area contributed by atoms with Gasteiger partial charge in [0.1, 0.15) is 0 Å². The van der Waals surface area contributed by atoms with Crippen molar-refractivity contribution in [2.24, 2.45) is 5.92 Å². The van der Waals surface area contributed by atoms with E-state index in [4.69, 9.17) is 0 Å². The highest BCUT2D eigenvalue weighted by Crippen LogP contribution is 2.17. The van der Waals surface area contributed by atoms with E-state index in [1.54, 1.807) is 0 Å². The van der Waals surface area contributed by atoms with Gasteiger partial charge < -0.3 is 16.0 Å². The maximum Gasteiger partial charge on any atom is 0.239 e. The molecule has 3 N–H and O–H groups in total. The lowest BCUT2D eigenvalue weighted by atomic mass is 9.90. The Hall–Kier alpha value is -1.10. The van der Waals surface area contributed by atoms with Gasteiger partial charge >= 0.3 is 0 Å². The minimum Gasteiger partial charge on any atom is -0.355 e. The van der Waals surface area contributed by atoms with Crippen molar-refractivity contribution in [1.82, 2.24) is 16.0 Å². The molecule has 1 aliphatic rings. The molecule has 5 nitrogen and oxygen atoms in total. The van der Waals surface area contributed by atoms with Gasteiger partial charge in [0.15, 0.2) is 0 Å². The highest BCUT2D eigenvalue weighted by molar-refractivity contribution is 5.84. The van der Waals surface area contributed by atoms with Crippen molar-refractivity contribution in [2.75, 3.05) is 19.6 Å². The molecule has 0 radical (unpaired) electrons. The summed E-state index contributed by atoms with van der Waals surface area (Å²) in [6.45, 7) is 5.67. The smallest absolute Gasteiger partial charge is 0.239 e. The van der Waals surface area contributed by atoms with Crippen molar-refractivity contribution >= 4 is 11.8 Å². The summed E-state index contributed by atoms with van der Waals surface area (Å²) in [6.07, 6.45) is 2.81. The van der Waals surface area contributed by atoms with E-state index in [2.05, 4.69) is 22.9 Å². The van der Waals surface area contributed by atoms with Gasteiger partial charge in [0, 0.05) is 19.0 Å².